The van der Waals surface area contributed by atoms with Crippen molar-refractivity contribution in [3.63, 3.8) is 0 Å². The molecule has 4 heterocycles. The van der Waals surface area contributed by atoms with Gasteiger partial charge < -0.3 is 24.6 Å². The summed E-state index contributed by atoms with van der Waals surface area (Å²) in [5.74, 6) is 5.11. The summed E-state index contributed by atoms with van der Waals surface area (Å²) in [6.07, 6.45) is 15.0. The molecule has 0 aromatic carbocycles. The Morgan fingerprint density at radius 2 is 1.57 bits per heavy atom. The fourth-order valence-electron chi connectivity index (χ4n) is 14.3. The summed E-state index contributed by atoms with van der Waals surface area (Å²) in [6.45, 7) is 22.5. The van der Waals surface area contributed by atoms with Crippen LogP contribution in [0.1, 0.15) is 125 Å². The lowest BCUT2D eigenvalue weighted by Crippen LogP contribution is -2.56. The number of likely N-dealkylation sites (tertiary alicyclic amines) is 1. The van der Waals surface area contributed by atoms with Crippen molar-refractivity contribution in [1.82, 2.24) is 20.0 Å². The van der Waals surface area contributed by atoms with Gasteiger partial charge in [-0.1, -0.05) is 41.5 Å². The van der Waals surface area contributed by atoms with Gasteiger partial charge in [0.15, 0.2) is 5.79 Å². The van der Waals surface area contributed by atoms with E-state index in [2.05, 4.69) is 56.7 Å². The van der Waals surface area contributed by atoms with E-state index < -0.39 is 0 Å². The Labute approximate surface area is 309 Å². The van der Waals surface area contributed by atoms with Gasteiger partial charge in [0.25, 0.3) is 0 Å². The smallest absolute Gasteiger partial charge is 0.232 e. The number of amides is 2. The average Bonchev–Trinajstić information content (AvgIpc) is 3.55. The van der Waals surface area contributed by atoms with Gasteiger partial charge >= 0.3 is 0 Å². The third kappa shape index (κ3) is 6.64. The van der Waals surface area contributed by atoms with Gasteiger partial charge in [-0.25, -0.2) is 0 Å². The predicted octanol–water partition coefficient (Wildman–Crippen LogP) is 6.57. The molecule has 1 spiro atoms. The van der Waals surface area contributed by atoms with Crippen LogP contribution in [0, 0.1) is 58.2 Å². The zero-order valence-electron chi connectivity index (χ0n) is 33.2. The molecule has 288 valence electrons. The number of hydrogen-bond acceptors (Lipinski definition) is 6. The van der Waals surface area contributed by atoms with Crippen molar-refractivity contribution in [3.8, 4) is 0 Å². The maximum Gasteiger partial charge on any atom is 0.232 e. The molecule has 2 unspecified atom stereocenters. The van der Waals surface area contributed by atoms with Gasteiger partial charge in [-0.05, 0) is 136 Å². The number of piperazine rings is 1. The zero-order chi connectivity index (χ0) is 35.7. The number of piperidine rings is 1. The van der Waals surface area contributed by atoms with E-state index in [1.807, 2.05) is 4.90 Å². The second-order valence-corrected chi connectivity index (χ2v) is 20.2. The lowest BCUT2D eigenvalue weighted by Gasteiger charge is -2.61. The molecule has 4 saturated heterocycles. The molecule has 51 heavy (non-hydrogen) atoms. The first-order valence-corrected chi connectivity index (χ1v) is 21.7. The number of nitrogens with one attached hydrogen (secondary N) is 1. The van der Waals surface area contributed by atoms with E-state index >= 15 is 0 Å². The average molecular weight is 709 g/mol. The van der Waals surface area contributed by atoms with E-state index in [0.717, 1.165) is 75.7 Å². The molecule has 1 N–H and O–H groups in total. The number of fused-ring (bicyclic) bond motifs is 7. The quantitative estimate of drug-likeness (QED) is 0.315. The lowest BCUT2D eigenvalue weighted by atomic mass is 9.44. The minimum atomic E-state index is -0.330. The molecule has 8 fully saturated rings. The van der Waals surface area contributed by atoms with Crippen molar-refractivity contribution in [2.24, 2.45) is 58.2 Å². The Morgan fingerprint density at radius 3 is 2.27 bits per heavy atom. The monoisotopic (exact) mass is 709 g/mol. The summed E-state index contributed by atoms with van der Waals surface area (Å²) in [5, 5.41) is 3.36. The number of hydrogen-bond donors (Lipinski definition) is 1. The van der Waals surface area contributed by atoms with Crippen LogP contribution < -0.4 is 5.32 Å². The highest BCUT2D eigenvalue weighted by Crippen LogP contribution is 2.71. The first kappa shape index (κ1) is 36.7. The maximum atomic E-state index is 13.3. The number of nitrogens with zero attached hydrogens (tertiary/aromatic N) is 3. The van der Waals surface area contributed by atoms with E-state index in [0.29, 0.717) is 46.6 Å². The highest BCUT2D eigenvalue weighted by Gasteiger charge is 2.69. The van der Waals surface area contributed by atoms with Crippen molar-refractivity contribution >= 4 is 11.8 Å². The first-order chi connectivity index (χ1) is 24.4. The Kier molecular flexibility index (Phi) is 10.2. The van der Waals surface area contributed by atoms with Crippen LogP contribution in [0.3, 0.4) is 0 Å². The van der Waals surface area contributed by atoms with Gasteiger partial charge in [-0.2, -0.15) is 0 Å². The SMILES string of the molecule is CC(C)CN1CCC(N2CCN(C(=O)CC(=O)NC3CC[C@]4(C)C5CC[C@]6(C)[C@@H]7[C@H](C[C@H]6[C@@H]5CC[C@@H]4C3)O[C@]3(CC[C@H](C)CO3)[C@H]7C)CC2)CC1. The molecule has 8 aliphatic rings. The molecule has 2 amide bonds. The van der Waals surface area contributed by atoms with Crippen molar-refractivity contribution in [2.75, 3.05) is 52.4 Å². The van der Waals surface area contributed by atoms with Gasteiger partial charge in [0.05, 0.1) is 12.7 Å². The van der Waals surface area contributed by atoms with Crippen LogP contribution in [0.15, 0.2) is 0 Å². The van der Waals surface area contributed by atoms with Crippen LogP contribution in [0.5, 0.6) is 0 Å². The van der Waals surface area contributed by atoms with Crippen LogP contribution in [-0.4, -0.2) is 103 Å². The number of carbonyl (C=O) groups excluding carboxylic acids is 2. The minimum absolute atomic E-state index is 0.00512. The topological polar surface area (TPSA) is 74.4 Å². The van der Waals surface area contributed by atoms with Gasteiger partial charge in [0, 0.05) is 57.1 Å². The van der Waals surface area contributed by atoms with E-state index in [-0.39, 0.29) is 30.1 Å². The van der Waals surface area contributed by atoms with E-state index in [4.69, 9.17) is 9.47 Å². The Morgan fingerprint density at radius 1 is 0.824 bits per heavy atom. The van der Waals surface area contributed by atoms with Crippen LogP contribution in [-0.2, 0) is 19.1 Å². The Balaban J connectivity index is 0.804. The molecule has 4 aliphatic carbocycles. The molecule has 0 bridgehead atoms. The Hall–Kier alpha value is -1.22. The van der Waals surface area contributed by atoms with Crippen LogP contribution in [0.25, 0.3) is 0 Å². The van der Waals surface area contributed by atoms with Crippen LogP contribution >= 0.6 is 0 Å². The molecule has 4 saturated carbocycles. The molecule has 8 nitrogen and oxygen atoms in total. The molecule has 0 radical (unpaired) electrons. The highest BCUT2D eigenvalue weighted by atomic mass is 16.7. The molecule has 0 aromatic heterocycles. The summed E-state index contributed by atoms with van der Waals surface area (Å²) in [6, 6.07) is 0.851. The summed E-state index contributed by atoms with van der Waals surface area (Å²) in [7, 11) is 0. The summed E-state index contributed by atoms with van der Waals surface area (Å²) >= 11 is 0. The fourth-order valence-corrected chi connectivity index (χ4v) is 14.3. The van der Waals surface area contributed by atoms with E-state index in [1.165, 1.54) is 77.4 Å². The predicted molar refractivity (Wildman–Crippen MR) is 201 cm³/mol. The zero-order valence-corrected chi connectivity index (χ0v) is 33.2. The third-order valence-electron chi connectivity index (χ3n) is 17.0. The number of rotatable bonds is 6. The molecule has 0 aromatic rings. The number of ether oxygens (including phenoxy) is 2. The molecular formula is C43H72N4O4. The van der Waals surface area contributed by atoms with Crippen LogP contribution in [0.4, 0.5) is 0 Å². The second kappa shape index (κ2) is 14.1. The van der Waals surface area contributed by atoms with Gasteiger partial charge in [0.1, 0.15) is 6.42 Å². The molecule has 12 atom stereocenters. The maximum absolute atomic E-state index is 13.3. The highest BCUT2D eigenvalue weighted by molar-refractivity contribution is 5.97. The normalized spacial score (nSPS) is 46.4. The Bertz CT molecular complexity index is 1270. The van der Waals surface area contributed by atoms with Crippen molar-refractivity contribution in [2.45, 2.75) is 149 Å². The third-order valence-corrected chi connectivity index (χ3v) is 17.0. The largest absolute Gasteiger partial charge is 0.353 e. The second-order valence-electron chi connectivity index (χ2n) is 20.2. The number of carbonyl (C=O) groups is 2. The first-order valence-electron chi connectivity index (χ1n) is 21.7. The van der Waals surface area contributed by atoms with Crippen molar-refractivity contribution in [1.29, 1.82) is 0 Å². The molecule has 8 heteroatoms. The lowest BCUT2D eigenvalue weighted by molar-refractivity contribution is -0.273. The van der Waals surface area contributed by atoms with Gasteiger partial charge in [-0.15, -0.1) is 0 Å². The van der Waals surface area contributed by atoms with Gasteiger partial charge in [-0.3, -0.25) is 14.5 Å². The van der Waals surface area contributed by atoms with E-state index in [1.54, 1.807) is 0 Å². The standard InChI is InChI=1S/C43H72N4O4/c1-28(2)26-45-17-12-33(13-18-45)46-19-21-47(22-20-46)39(49)25-38(48)44-32-10-14-41(5)31(23-32)7-8-34-35(41)11-15-42(6)36(34)24-37-40(42)30(4)43(51-37)16-9-29(3)27-50-43/h28-37,40H,7-27H2,1-6H3,(H,44,48)/t29-,30-,31+,32?,34+,35?,36-,37-,40-,41-,42-,43+/m0/s1. The molecular weight excluding hydrogens is 636 g/mol. The summed E-state index contributed by atoms with van der Waals surface area (Å²) in [4.78, 5) is 33.7. The van der Waals surface area contributed by atoms with Gasteiger partial charge in [0.2, 0.25) is 11.8 Å². The van der Waals surface area contributed by atoms with Crippen molar-refractivity contribution < 1.29 is 19.1 Å². The van der Waals surface area contributed by atoms with E-state index in [9.17, 15) is 9.59 Å². The summed E-state index contributed by atoms with van der Waals surface area (Å²) < 4.78 is 13.6. The summed E-state index contributed by atoms with van der Waals surface area (Å²) in [5.41, 5.74) is 0.722. The van der Waals surface area contributed by atoms with Crippen LogP contribution in [0.2, 0.25) is 0 Å². The van der Waals surface area contributed by atoms with Crippen molar-refractivity contribution in [3.05, 3.63) is 0 Å². The fraction of sp³-hybridized carbons (Fsp3) is 0.953. The molecule has 8 rings (SSSR count). The molecule has 4 aliphatic heterocycles. The minimum Gasteiger partial charge on any atom is -0.353 e.